The minimum atomic E-state index is 0.713. The van der Waals surface area contributed by atoms with E-state index in [4.69, 9.17) is 10.1 Å². The van der Waals surface area contributed by atoms with Gasteiger partial charge in [0.15, 0.2) is 11.6 Å². The summed E-state index contributed by atoms with van der Waals surface area (Å²) in [5.41, 5.74) is 5.36. The monoisotopic (exact) mass is 373 g/mol. The second kappa shape index (κ2) is 7.56. The first-order chi connectivity index (χ1) is 14.4. The van der Waals surface area contributed by atoms with Gasteiger partial charge in [0.1, 0.15) is 0 Å². The number of hydrogen-bond donors (Lipinski definition) is 0. The Kier molecular flexibility index (Phi) is 4.47. The first-order valence-corrected chi connectivity index (χ1v) is 9.62. The maximum atomic E-state index is 4.91. The molecule has 1 aromatic heterocycles. The van der Waals surface area contributed by atoms with E-state index in [0.29, 0.717) is 5.82 Å². The van der Waals surface area contributed by atoms with Crippen LogP contribution in [-0.2, 0) is 0 Å². The lowest BCUT2D eigenvalue weighted by molar-refractivity contribution is 0.890. The summed E-state index contributed by atoms with van der Waals surface area (Å²) in [6.45, 7) is 0. The summed E-state index contributed by atoms with van der Waals surface area (Å²) in [5, 5.41) is 4.87. The second-order valence-electron chi connectivity index (χ2n) is 6.82. The van der Waals surface area contributed by atoms with Gasteiger partial charge in [-0.2, -0.15) is 0 Å². The molecular weight excluding hydrogens is 354 g/mol. The fraction of sp³-hybridized carbons (Fsp3) is 0. The van der Waals surface area contributed by atoms with Crippen LogP contribution in [0, 0.1) is 0 Å². The number of rotatable bonds is 4. The molecule has 1 heterocycles. The van der Waals surface area contributed by atoms with Gasteiger partial charge in [0.2, 0.25) is 0 Å². The average molecular weight is 373 g/mol. The molecule has 0 aliphatic heterocycles. The number of aromatic nitrogens is 3. The summed E-state index contributed by atoms with van der Waals surface area (Å²) in [6.07, 6.45) is 0. The second-order valence-corrected chi connectivity index (χ2v) is 6.82. The summed E-state index contributed by atoms with van der Waals surface area (Å²) < 4.78 is 1.92. The molecule has 0 saturated heterocycles. The van der Waals surface area contributed by atoms with Gasteiger partial charge in [-0.1, -0.05) is 97.1 Å². The standard InChI is InChI=1S/C26H19N3/c1-4-11-20(12-5-1)22-15-10-16-23(19-22)25-27-26(21-13-6-2-7-14-21)29(28-25)24-17-8-3-9-18-24/h1-19H. The van der Waals surface area contributed by atoms with Gasteiger partial charge in [-0.3, -0.25) is 0 Å². The van der Waals surface area contributed by atoms with Crippen molar-refractivity contribution in [2.24, 2.45) is 0 Å². The van der Waals surface area contributed by atoms with Crippen molar-refractivity contribution in [2.75, 3.05) is 0 Å². The van der Waals surface area contributed by atoms with E-state index < -0.39 is 0 Å². The third kappa shape index (κ3) is 3.46. The van der Waals surface area contributed by atoms with Gasteiger partial charge in [-0.15, -0.1) is 5.10 Å². The van der Waals surface area contributed by atoms with E-state index in [-0.39, 0.29) is 0 Å². The molecule has 29 heavy (non-hydrogen) atoms. The molecule has 3 heteroatoms. The molecule has 0 aliphatic rings. The Morgan fingerprint density at radius 2 is 1.03 bits per heavy atom. The Bertz CT molecular complexity index is 1170. The van der Waals surface area contributed by atoms with Crippen LogP contribution in [0.25, 0.3) is 39.6 Å². The predicted octanol–water partition coefficient (Wildman–Crippen LogP) is 6.27. The predicted molar refractivity (Wildman–Crippen MR) is 118 cm³/mol. The van der Waals surface area contributed by atoms with Crippen LogP contribution in [0.1, 0.15) is 0 Å². The Morgan fingerprint density at radius 1 is 0.483 bits per heavy atom. The summed E-state index contributed by atoms with van der Waals surface area (Å²) >= 11 is 0. The Hall–Kier alpha value is -3.98. The molecule has 0 amide bonds. The third-order valence-corrected chi connectivity index (χ3v) is 4.87. The molecule has 0 unspecified atom stereocenters. The summed E-state index contributed by atoms with van der Waals surface area (Å²) in [5.74, 6) is 1.54. The normalized spacial score (nSPS) is 10.8. The summed E-state index contributed by atoms with van der Waals surface area (Å²) in [7, 11) is 0. The van der Waals surface area contributed by atoms with Gasteiger partial charge in [-0.05, 0) is 29.3 Å². The molecule has 3 nitrogen and oxygen atoms in total. The van der Waals surface area contributed by atoms with Crippen LogP contribution in [0.3, 0.4) is 0 Å². The molecule has 0 spiro atoms. The van der Waals surface area contributed by atoms with Crippen LogP contribution in [-0.4, -0.2) is 14.8 Å². The van der Waals surface area contributed by atoms with Gasteiger partial charge in [0.25, 0.3) is 0 Å². The third-order valence-electron chi connectivity index (χ3n) is 4.87. The number of para-hydroxylation sites is 1. The Balaban J connectivity index is 1.65. The zero-order chi connectivity index (χ0) is 19.5. The van der Waals surface area contributed by atoms with Crippen molar-refractivity contribution in [2.45, 2.75) is 0 Å². The van der Waals surface area contributed by atoms with Gasteiger partial charge in [-0.25, -0.2) is 9.67 Å². The van der Waals surface area contributed by atoms with E-state index >= 15 is 0 Å². The molecule has 0 aliphatic carbocycles. The fourth-order valence-electron chi connectivity index (χ4n) is 3.43. The lowest BCUT2D eigenvalue weighted by Crippen LogP contribution is -1.99. The Morgan fingerprint density at radius 3 is 1.72 bits per heavy atom. The average Bonchev–Trinajstić information content (AvgIpc) is 3.27. The largest absolute Gasteiger partial charge is 0.213 e. The molecule has 4 aromatic carbocycles. The van der Waals surface area contributed by atoms with Crippen molar-refractivity contribution >= 4 is 0 Å². The van der Waals surface area contributed by atoms with Crippen LogP contribution in [0.4, 0.5) is 0 Å². The minimum absolute atomic E-state index is 0.713. The SMILES string of the molecule is c1ccc(-c2cccc(-c3nc(-c4ccccc4)n(-c4ccccc4)n3)c2)cc1. The van der Waals surface area contributed by atoms with E-state index in [2.05, 4.69) is 60.7 Å². The number of hydrogen-bond acceptors (Lipinski definition) is 2. The van der Waals surface area contributed by atoms with Crippen molar-refractivity contribution in [1.29, 1.82) is 0 Å². The van der Waals surface area contributed by atoms with Crippen molar-refractivity contribution in [3.05, 3.63) is 115 Å². The smallest absolute Gasteiger partial charge is 0.182 e. The van der Waals surface area contributed by atoms with Crippen LogP contribution >= 0.6 is 0 Å². The lowest BCUT2D eigenvalue weighted by atomic mass is 10.0. The molecule has 0 N–H and O–H groups in total. The highest BCUT2D eigenvalue weighted by atomic mass is 15.4. The van der Waals surface area contributed by atoms with E-state index in [9.17, 15) is 0 Å². The first-order valence-electron chi connectivity index (χ1n) is 9.62. The lowest BCUT2D eigenvalue weighted by Gasteiger charge is -2.05. The van der Waals surface area contributed by atoms with Crippen molar-refractivity contribution in [3.63, 3.8) is 0 Å². The fourth-order valence-corrected chi connectivity index (χ4v) is 3.43. The molecule has 0 bridgehead atoms. The first kappa shape index (κ1) is 17.1. The van der Waals surface area contributed by atoms with Crippen LogP contribution < -0.4 is 0 Å². The maximum Gasteiger partial charge on any atom is 0.182 e. The molecule has 0 saturated carbocycles. The van der Waals surface area contributed by atoms with Gasteiger partial charge in [0, 0.05) is 11.1 Å². The molecule has 0 radical (unpaired) electrons. The van der Waals surface area contributed by atoms with E-state index in [1.807, 2.05) is 59.3 Å². The molecule has 138 valence electrons. The highest BCUT2D eigenvalue weighted by Crippen LogP contribution is 2.28. The molecule has 5 rings (SSSR count). The molecule has 5 aromatic rings. The highest BCUT2D eigenvalue weighted by molar-refractivity contribution is 5.71. The molecule has 0 fully saturated rings. The van der Waals surface area contributed by atoms with Gasteiger partial charge in [0.05, 0.1) is 5.69 Å². The zero-order valence-corrected chi connectivity index (χ0v) is 15.8. The van der Waals surface area contributed by atoms with Crippen LogP contribution in [0.5, 0.6) is 0 Å². The van der Waals surface area contributed by atoms with Crippen molar-refractivity contribution in [3.8, 4) is 39.6 Å². The summed E-state index contributed by atoms with van der Waals surface area (Å²) in [4.78, 5) is 4.91. The quantitative estimate of drug-likeness (QED) is 0.372. The van der Waals surface area contributed by atoms with Crippen molar-refractivity contribution in [1.82, 2.24) is 14.8 Å². The zero-order valence-electron chi connectivity index (χ0n) is 15.8. The number of nitrogens with zero attached hydrogens (tertiary/aromatic N) is 3. The Labute approximate surface area is 169 Å². The van der Waals surface area contributed by atoms with Crippen LogP contribution in [0.15, 0.2) is 115 Å². The molecular formula is C26H19N3. The maximum absolute atomic E-state index is 4.91. The van der Waals surface area contributed by atoms with Crippen LogP contribution in [0.2, 0.25) is 0 Å². The van der Waals surface area contributed by atoms with E-state index in [1.54, 1.807) is 0 Å². The topological polar surface area (TPSA) is 30.7 Å². The van der Waals surface area contributed by atoms with E-state index in [1.165, 1.54) is 5.56 Å². The highest BCUT2D eigenvalue weighted by Gasteiger charge is 2.15. The summed E-state index contributed by atoms with van der Waals surface area (Å²) in [6, 6.07) is 39.1. The molecule has 0 atom stereocenters. The van der Waals surface area contributed by atoms with E-state index in [0.717, 1.165) is 28.2 Å². The van der Waals surface area contributed by atoms with Crippen molar-refractivity contribution < 1.29 is 0 Å². The number of benzene rings is 4. The van der Waals surface area contributed by atoms with Gasteiger partial charge >= 0.3 is 0 Å². The van der Waals surface area contributed by atoms with Gasteiger partial charge < -0.3 is 0 Å². The minimum Gasteiger partial charge on any atom is -0.213 e.